The van der Waals surface area contributed by atoms with Gasteiger partial charge in [0.25, 0.3) is 0 Å². The van der Waals surface area contributed by atoms with Crippen molar-refractivity contribution >= 4 is 12.2 Å². The first-order valence-corrected chi connectivity index (χ1v) is 7.34. The van der Waals surface area contributed by atoms with E-state index in [1.165, 1.54) is 17.7 Å². The highest BCUT2D eigenvalue weighted by Crippen LogP contribution is 2.12. The van der Waals surface area contributed by atoms with Crippen LogP contribution in [0.15, 0.2) is 52.9 Å². The Bertz CT molecular complexity index is 832. The maximum Gasteiger partial charge on any atom is 0.240 e. The van der Waals surface area contributed by atoms with Gasteiger partial charge in [0.15, 0.2) is 0 Å². The predicted octanol–water partition coefficient (Wildman–Crippen LogP) is 4.53. The summed E-state index contributed by atoms with van der Waals surface area (Å²) in [6, 6.07) is 14.4. The molecule has 0 N–H and O–H groups in total. The third-order valence-corrected chi connectivity index (χ3v) is 3.21. The van der Waals surface area contributed by atoms with Gasteiger partial charge in [-0.3, -0.25) is 0 Å². The van der Waals surface area contributed by atoms with Crippen molar-refractivity contribution in [3.63, 3.8) is 0 Å². The minimum Gasteiger partial charge on any atom is -0.421 e. The number of aryl methyl sites for hydroxylation is 1. The second kappa shape index (κ2) is 8.44. The fourth-order valence-corrected chi connectivity index (χ4v) is 2.14. The molecule has 0 bridgehead atoms. The second-order valence-electron chi connectivity index (χ2n) is 5.08. The van der Waals surface area contributed by atoms with Crippen LogP contribution in [0.4, 0.5) is 4.39 Å². The lowest BCUT2D eigenvalue weighted by molar-refractivity contribution is 0.496. The SMILES string of the molecule is C#C.Cc1cccc(Cc2nnc(/C=C/c3ccc(F)cc3)o2)c1. The maximum atomic E-state index is 12.8. The van der Waals surface area contributed by atoms with Gasteiger partial charge >= 0.3 is 0 Å². The van der Waals surface area contributed by atoms with E-state index in [0.717, 1.165) is 11.1 Å². The Morgan fingerprint density at radius 1 is 1.04 bits per heavy atom. The number of aromatic nitrogens is 2. The fourth-order valence-electron chi connectivity index (χ4n) is 2.14. The topological polar surface area (TPSA) is 38.9 Å². The zero-order valence-electron chi connectivity index (χ0n) is 13.3. The zero-order valence-corrected chi connectivity index (χ0v) is 13.3. The molecule has 120 valence electrons. The van der Waals surface area contributed by atoms with Gasteiger partial charge in [-0.2, -0.15) is 0 Å². The molecule has 0 aliphatic rings. The summed E-state index contributed by atoms with van der Waals surface area (Å²) in [6.07, 6.45) is 12.1. The van der Waals surface area contributed by atoms with Gasteiger partial charge in [-0.25, -0.2) is 4.39 Å². The van der Waals surface area contributed by atoms with Gasteiger partial charge < -0.3 is 4.42 Å². The van der Waals surface area contributed by atoms with Crippen LogP contribution in [0.5, 0.6) is 0 Å². The van der Waals surface area contributed by atoms with Crippen LogP contribution in [-0.4, -0.2) is 10.2 Å². The second-order valence-corrected chi connectivity index (χ2v) is 5.08. The lowest BCUT2D eigenvalue weighted by Crippen LogP contribution is -1.88. The maximum absolute atomic E-state index is 12.8. The molecule has 0 saturated heterocycles. The van der Waals surface area contributed by atoms with Gasteiger partial charge in [0.05, 0.1) is 6.42 Å². The lowest BCUT2D eigenvalue weighted by atomic mass is 10.1. The molecule has 24 heavy (non-hydrogen) atoms. The molecule has 3 aromatic rings. The van der Waals surface area contributed by atoms with Gasteiger partial charge in [-0.15, -0.1) is 23.0 Å². The summed E-state index contributed by atoms with van der Waals surface area (Å²) in [5.41, 5.74) is 3.21. The van der Waals surface area contributed by atoms with Crippen LogP contribution < -0.4 is 0 Å². The van der Waals surface area contributed by atoms with Crippen molar-refractivity contribution in [2.24, 2.45) is 0 Å². The van der Waals surface area contributed by atoms with Crippen molar-refractivity contribution in [3.8, 4) is 12.8 Å². The van der Waals surface area contributed by atoms with E-state index in [4.69, 9.17) is 4.42 Å². The summed E-state index contributed by atoms with van der Waals surface area (Å²) in [7, 11) is 0. The minimum atomic E-state index is -0.254. The largest absolute Gasteiger partial charge is 0.421 e. The predicted molar refractivity (Wildman–Crippen MR) is 93.5 cm³/mol. The molecule has 1 aromatic heterocycles. The summed E-state index contributed by atoms with van der Waals surface area (Å²) in [5.74, 6) is 0.756. The van der Waals surface area contributed by atoms with Crippen LogP contribution in [-0.2, 0) is 6.42 Å². The highest BCUT2D eigenvalue weighted by molar-refractivity contribution is 5.65. The van der Waals surface area contributed by atoms with Crippen LogP contribution in [0, 0.1) is 25.6 Å². The number of benzene rings is 2. The highest BCUT2D eigenvalue weighted by Gasteiger charge is 2.05. The molecule has 0 saturated carbocycles. The van der Waals surface area contributed by atoms with E-state index < -0.39 is 0 Å². The van der Waals surface area contributed by atoms with Gasteiger partial charge in [0.1, 0.15) is 5.82 Å². The molecular weight excluding hydrogens is 303 g/mol. The monoisotopic (exact) mass is 320 g/mol. The smallest absolute Gasteiger partial charge is 0.240 e. The average molecular weight is 320 g/mol. The van der Waals surface area contributed by atoms with Gasteiger partial charge in [0.2, 0.25) is 11.8 Å². The van der Waals surface area contributed by atoms with Crippen LogP contribution in [0.2, 0.25) is 0 Å². The van der Waals surface area contributed by atoms with Crippen molar-refractivity contribution in [1.82, 2.24) is 10.2 Å². The molecule has 0 unspecified atom stereocenters. The van der Waals surface area contributed by atoms with Crippen molar-refractivity contribution in [1.29, 1.82) is 0 Å². The first-order valence-electron chi connectivity index (χ1n) is 7.34. The van der Waals surface area contributed by atoms with Crippen LogP contribution in [0.1, 0.15) is 28.5 Å². The third-order valence-electron chi connectivity index (χ3n) is 3.21. The Balaban J connectivity index is 0.00000100. The molecule has 0 amide bonds. The standard InChI is InChI=1S/C18H15FN2O.C2H2/c1-13-3-2-4-15(11-13)12-18-21-20-17(22-18)10-7-14-5-8-16(19)9-6-14;1-2/h2-11H,12H2,1H3;1-2H/b10-7+;. The average Bonchev–Trinajstić information content (AvgIpc) is 3.04. The Morgan fingerprint density at radius 2 is 1.79 bits per heavy atom. The van der Waals surface area contributed by atoms with E-state index in [1.54, 1.807) is 18.2 Å². The molecule has 0 aliphatic heterocycles. The number of terminal acetylenes is 1. The molecule has 0 radical (unpaired) electrons. The van der Waals surface area contributed by atoms with E-state index >= 15 is 0 Å². The number of hydrogen-bond acceptors (Lipinski definition) is 3. The van der Waals surface area contributed by atoms with Gasteiger partial charge in [-0.05, 0) is 36.3 Å². The summed E-state index contributed by atoms with van der Waals surface area (Å²) in [4.78, 5) is 0. The van der Waals surface area contributed by atoms with Crippen molar-refractivity contribution in [2.45, 2.75) is 13.3 Å². The molecule has 4 heteroatoms. The number of hydrogen-bond donors (Lipinski definition) is 0. The van der Waals surface area contributed by atoms with Gasteiger partial charge in [-0.1, -0.05) is 42.0 Å². The van der Waals surface area contributed by atoms with Crippen molar-refractivity contribution in [3.05, 3.63) is 82.8 Å². The molecule has 0 fully saturated rings. The molecule has 3 rings (SSSR count). The minimum absolute atomic E-state index is 0.254. The Labute approximate surface area is 140 Å². The number of halogens is 1. The molecule has 2 aromatic carbocycles. The van der Waals surface area contributed by atoms with Crippen LogP contribution >= 0.6 is 0 Å². The Hall–Kier alpha value is -3.19. The van der Waals surface area contributed by atoms with E-state index in [1.807, 2.05) is 31.2 Å². The summed E-state index contributed by atoms with van der Waals surface area (Å²) in [6.45, 7) is 2.05. The molecule has 0 spiro atoms. The van der Waals surface area contributed by atoms with E-state index in [0.29, 0.717) is 18.2 Å². The van der Waals surface area contributed by atoms with Gasteiger partial charge in [0, 0.05) is 6.08 Å². The van der Waals surface area contributed by atoms with E-state index in [9.17, 15) is 4.39 Å². The first-order chi connectivity index (χ1) is 11.7. The molecule has 0 atom stereocenters. The molecule has 0 aliphatic carbocycles. The molecule has 3 nitrogen and oxygen atoms in total. The van der Waals surface area contributed by atoms with Crippen LogP contribution in [0.3, 0.4) is 0 Å². The summed E-state index contributed by atoms with van der Waals surface area (Å²) >= 11 is 0. The fraction of sp³-hybridized carbons (Fsp3) is 0.100. The van der Waals surface area contributed by atoms with Crippen LogP contribution in [0.25, 0.3) is 12.2 Å². The zero-order chi connectivity index (χ0) is 17.4. The van der Waals surface area contributed by atoms with Crippen molar-refractivity contribution < 1.29 is 8.81 Å². The summed E-state index contributed by atoms with van der Waals surface area (Å²) in [5, 5.41) is 8.03. The van der Waals surface area contributed by atoms with E-state index in [2.05, 4.69) is 29.1 Å². The first kappa shape index (κ1) is 17.2. The normalized spacial score (nSPS) is 10.3. The quantitative estimate of drug-likeness (QED) is 0.663. The lowest BCUT2D eigenvalue weighted by Gasteiger charge is -1.97. The van der Waals surface area contributed by atoms with E-state index in [-0.39, 0.29) is 5.82 Å². The molecule has 1 heterocycles. The number of rotatable bonds is 4. The highest BCUT2D eigenvalue weighted by atomic mass is 19.1. The Morgan fingerprint density at radius 3 is 2.50 bits per heavy atom. The van der Waals surface area contributed by atoms with Crippen molar-refractivity contribution in [2.75, 3.05) is 0 Å². The summed E-state index contributed by atoms with van der Waals surface area (Å²) < 4.78 is 18.4. The Kier molecular flexibility index (Phi) is 6.04. The molecular formula is C20H17FN2O. The third kappa shape index (κ3) is 4.92. The number of nitrogens with zero attached hydrogens (tertiary/aromatic N) is 2.